The van der Waals surface area contributed by atoms with E-state index in [1.54, 1.807) is 0 Å². The Balaban J connectivity index is 1.23. The molecule has 5 nitrogen and oxygen atoms in total. The van der Waals surface area contributed by atoms with Gasteiger partial charge in [0.15, 0.2) is 5.88 Å². The maximum atomic E-state index is 6.36. The lowest BCUT2D eigenvalue weighted by Crippen LogP contribution is -2.30. The molecular weight excluding hydrogens is 520 g/mol. The average molecular weight is 567 g/mol. The highest BCUT2D eigenvalue weighted by Crippen LogP contribution is 2.34. The monoisotopic (exact) mass is 566 g/mol. The zero-order chi connectivity index (χ0) is 28.8. The van der Waals surface area contributed by atoms with Gasteiger partial charge in [0.2, 0.25) is 0 Å². The summed E-state index contributed by atoms with van der Waals surface area (Å²) in [6.07, 6.45) is 7.71. The van der Waals surface area contributed by atoms with E-state index in [-0.39, 0.29) is 0 Å². The molecule has 0 unspecified atom stereocenters. The first-order chi connectivity index (χ1) is 20.8. The van der Waals surface area contributed by atoms with Gasteiger partial charge in [-0.1, -0.05) is 67.1 Å². The van der Waals surface area contributed by atoms with E-state index in [2.05, 4.69) is 83.1 Å². The van der Waals surface area contributed by atoms with Gasteiger partial charge in [0, 0.05) is 24.8 Å². The summed E-state index contributed by atoms with van der Waals surface area (Å²) in [7, 11) is 0. The molecular formula is C37H46N2O3. The van der Waals surface area contributed by atoms with Gasteiger partial charge >= 0.3 is 0 Å². The fourth-order valence-electron chi connectivity index (χ4n) is 5.73. The number of hydrogen-bond acceptors (Lipinski definition) is 4. The van der Waals surface area contributed by atoms with Crippen molar-refractivity contribution in [2.24, 2.45) is 0 Å². The number of benzene rings is 3. The van der Waals surface area contributed by atoms with Crippen molar-refractivity contribution in [3.63, 3.8) is 0 Å². The molecule has 5 heteroatoms. The quantitative estimate of drug-likeness (QED) is 0.127. The Bertz CT molecular complexity index is 1310. The number of unbranched alkanes of at least 4 members (excludes halogenated alkanes) is 2. The Kier molecular flexibility index (Phi) is 11.5. The van der Waals surface area contributed by atoms with E-state index in [1.165, 1.54) is 51.7 Å². The number of piperidine rings is 1. The average Bonchev–Trinajstić information content (AvgIpc) is 3.41. The molecule has 0 aliphatic carbocycles. The highest BCUT2D eigenvalue weighted by atomic mass is 16.5. The second-order valence-electron chi connectivity index (χ2n) is 11.2. The molecule has 5 rings (SSSR count). The topological polar surface area (TPSA) is 35.9 Å². The first-order valence-electron chi connectivity index (χ1n) is 15.8. The van der Waals surface area contributed by atoms with E-state index >= 15 is 0 Å². The van der Waals surface area contributed by atoms with Crippen molar-refractivity contribution in [3.05, 3.63) is 108 Å². The van der Waals surface area contributed by atoms with Crippen molar-refractivity contribution in [1.82, 2.24) is 9.47 Å². The standard InChI is InChI=1S/C37H46N2O3/c1-2-39-36(42-29-32-17-9-4-10-18-32)27-34(30-40-26-14-6-13-25-38-23-11-5-12-24-38)37(39)33-19-21-35(22-20-33)41-28-31-15-7-3-8-16-31/h3-4,7-10,15-22,27H,2,5-6,11-14,23-26,28-30H2,1H3. The van der Waals surface area contributed by atoms with Gasteiger partial charge < -0.3 is 23.7 Å². The fourth-order valence-corrected chi connectivity index (χ4v) is 5.73. The van der Waals surface area contributed by atoms with Gasteiger partial charge in [-0.05, 0) is 99.6 Å². The van der Waals surface area contributed by atoms with Crippen LogP contribution >= 0.6 is 0 Å². The molecule has 42 heavy (non-hydrogen) atoms. The number of likely N-dealkylation sites (tertiary alicyclic amines) is 1. The first-order valence-corrected chi connectivity index (χ1v) is 15.8. The molecule has 2 heterocycles. The van der Waals surface area contributed by atoms with Crippen LogP contribution in [0.2, 0.25) is 0 Å². The molecule has 222 valence electrons. The van der Waals surface area contributed by atoms with E-state index < -0.39 is 0 Å². The predicted octanol–water partition coefficient (Wildman–Crippen LogP) is 8.51. The van der Waals surface area contributed by atoms with Gasteiger partial charge in [0.25, 0.3) is 0 Å². The fraction of sp³-hybridized carbons (Fsp3) is 0.405. The summed E-state index contributed by atoms with van der Waals surface area (Å²) >= 11 is 0. The smallest absolute Gasteiger partial charge is 0.194 e. The summed E-state index contributed by atoms with van der Waals surface area (Å²) in [6.45, 7) is 9.21. The first kappa shape index (κ1) is 29.9. The van der Waals surface area contributed by atoms with Crippen LogP contribution in [0.3, 0.4) is 0 Å². The van der Waals surface area contributed by atoms with Gasteiger partial charge in [0.05, 0.1) is 12.3 Å². The van der Waals surface area contributed by atoms with Gasteiger partial charge in [-0.25, -0.2) is 0 Å². The third-order valence-corrected chi connectivity index (χ3v) is 8.03. The molecule has 0 bridgehead atoms. The van der Waals surface area contributed by atoms with Crippen LogP contribution in [-0.4, -0.2) is 35.7 Å². The minimum atomic E-state index is 0.536. The summed E-state index contributed by atoms with van der Waals surface area (Å²) in [5, 5.41) is 0. The molecule has 0 atom stereocenters. The maximum Gasteiger partial charge on any atom is 0.194 e. The van der Waals surface area contributed by atoms with Crippen molar-refractivity contribution in [3.8, 4) is 22.9 Å². The van der Waals surface area contributed by atoms with Crippen molar-refractivity contribution >= 4 is 0 Å². The molecule has 3 aromatic carbocycles. The Labute approximate surface area is 252 Å². The summed E-state index contributed by atoms with van der Waals surface area (Å²) in [5.41, 5.74) is 5.77. The highest BCUT2D eigenvalue weighted by molar-refractivity contribution is 5.67. The number of nitrogens with zero attached hydrogens (tertiary/aromatic N) is 2. The molecule has 1 saturated heterocycles. The summed E-state index contributed by atoms with van der Waals surface area (Å²) in [6, 6.07) is 31.2. The van der Waals surface area contributed by atoms with E-state index in [4.69, 9.17) is 14.2 Å². The summed E-state index contributed by atoms with van der Waals surface area (Å²) in [5.74, 6) is 1.74. The Morgan fingerprint density at radius 3 is 2.00 bits per heavy atom. The van der Waals surface area contributed by atoms with Crippen LogP contribution in [0.1, 0.15) is 62.1 Å². The second kappa shape index (κ2) is 16.2. The van der Waals surface area contributed by atoms with Crippen molar-refractivity contribution in [2.45, 2.75) is 71.8 Å². The lowest BCUT2D eigenvalue weighted by Gasteiger charge is -2.26. The van der Waals surface area contributed by atoms with Crippen LogP contribution in [-0.2, 0) is 31.1 Å². The molecule has 0 saturated carbocycles. The number of aromatic nitrogens is 1. The zero-order valence-electron chi connectivity index (χ0n) is 25.2. The Hall–Kier alpha value is -3.54. The van der Waals surface area contributed by atoms with Crippen molar-refractivity contribution in [1.29, 1.82) is 0 Å². The van der Waals surface area contributed by atoms with Gasteiger partial charge in [0.1, 0.15) is 19.0 Å². The minimum absolute atomic E-state index is 0.536. The normalized spacial score (nSPS) is 13.7. The van der Waals surface area contributed by atoms with Gasteiger partial charge in [-0.15, -0.1) is 0 Å². The lowest BCUT2D eigenvalue weighted by atomic mass is 10.1. The van der Waals surface area contributed by atoms with Crippen LogP contribution in [0.5, 0.6) is 11.6 Å². The van der Waals surface area contributed by atoms with Crippen molar-refractivity contribution in [2.75, 3.05) is 26.2 Å². The van der Waals surface area contributed by atoms with Crippen LogP contribution in [0.25, 0.3) is 11.3 Å². The molecule has 1 fully saturated rings. The Morgan fingerprint density at radius 1 is 0.667 bits per heavy atom. The van der Waals surface area contributed by atoms with Crippen LogP contribution in [0.15, 0.2) is 91.0 Å². The molecule has 1 aliphatic heterocycles. The SMILES string of the molecule is CCn1c(OCc2ccccc2)cc(COCCCCCN2CCCCC2)c1-c1ccc(OCc2ccccc2)cc1. The second-order valence-corrected chi connectivity index (χ2v) is 11.2. The van der Waals surface area contributed by atoms with Crippen molar-refractivity contribution < 1.29 is 14.2 Å². The van der Waals surface area contributed by atoms with Gasteiger partial charge in [-0.2, -0.15) is 0 Å². The van der Waals surface area contributed by atoms with Gasteiger partial charge in [-0.3, -0.25) is 0 Å². The molecule has 0 N–H and O–H groups in total. The van der Waals surface area contributed by atoms with Crippen LogP contribution in [0.4, 0.5) is 0 Å². The highest BCUT2D eigenvalue weighted by Gasteiger charge is 2.18. The predicted molar refractivity (Wildman–Crippen MR) is 171 cm³/mol. The number of hydrogen-bond donors (Lipinski definition) is 0. The van der Waals surface area contributed by atoms with E-state index in [9.17, 15) is 0 Å². The molecule has 0 radical (unpaired) electrons. The van der Waals surface area contributed by atoms with E-state index in [0.29, 0.717) is 19.8 Å². The summed E-state index contributed by atoms with van der Waals surface area (Å²) < 4.78 is 20.9. The molecule has 4 aromatic rings. The minimum Gasteiger partial charge on any atom is -0.489 e. The molecule has 0 spiro atoms. The Morgan fingerprint density at radius 2 is 1.33 bits per heavy atom. The maximum absolute atomic E-state index is 6.36. The third-order valence-electron chi connectivity index (χ3n) is 8.03. The number of ether oxygens (including phenoxy) is 3. The van der Waals surface area contributed by atoms with Crippen LogP contribution in [0, 0.1) is 0 Å². The third kappa shape index (κ3) is 8.73. The molecule has 1 aliphatic rings. The van der Waals surface area contributed by atoms with E-state index in [1.807, 2.05) is 24.3 Å². The zero-order valence-corrected chi connectivity index (χ0v) is 25.2. The lowest BCUT2D eigenvalue weighted by molar-refractivity contribution is 0.116. The number of rotatable bonds is 16. The molecule has 0 amide bonds. The summed E-state index contributed by atoms with van der Waals surface area (Å²) in [4.78, 5) is 2.62. The van der Waals surface area contributed by atoms with Crippen LogP contribution < -0.4 is 9.47 Å². The van der Waals surface area contributed by atoms with E-state index in [0.717, 1.165) is 59.1 Å². The molecule has 1 aromatic heterocycles. The largest absolute Gasteiger partial charge is 0.489 e.